The van der Waals surface area contributed by atoms with Crippen LogP contribution in [0, 0.1) is 5.92 Å². The fourth-order valence-corrected chi connectivity index (χ4v) is 2.82. The van der Waals surface area contributed by atoms with Gasteiger partial charge in [0, 0.05) is 25.7 Å². The van der Waals surface area contributed by atoms with Crippen LogP contribution in [0.3, 0.4) is 0 Å². The number of nitrogens with zero attached hydrogens (tertiary/aromatic N) is 1. The minimum Gasteiger partial charge on any atom is -0.444 e. The topological polar surface area (TPSA) is 41.6 Å². The van der Waals surface area contributed by atoms with Crippen molar-refractivity contribution in [2.24, 2.45) is 5.92 Å². The Kier molecular flexibility index (Phi) is 5.69. The van der Waals surface area contributed by atoms with Gasteiger partial charge in [0.15, 0.2) is 0 Å². The van der Waals surface area contributed by atoms with E-state index in [-0.39, 0.29) is 6.09 Å². The lowest BCUT2D eigenvalue weighted by molar-refractivity contribution is 0.00512. The highest BCUT2D eigenvalue weighted by atomic mass is 16.6. The molecule has 0 aromatic heterocycles. The molecule has 1 fully saturated rings. The Hall–Kier alpha value is -1.55. The third-order valence-electron chi connectivity index (χ3n) is 4.19. The van der Waals surface area contributed by atoms with E-state index in [4.69, 9.17) is 4.74 Å². The number of likely N-dealkylation sites (tertiary alicyclic amines) is 1. The molecule has 0 saturated carbocycles. The number of hydrogen-bond acceptors (Lipinski definition) is 3. The first kappa shape index (κ1) is 17.8. The van der Waals surface area contributed by atoms with Gasteiger partial charge in [-0.25, -0.2) is 4.79 Å². The van der Waals surface area contributed by atoms with Crippen LogP contribution in [-0.4, -0.2) is 42.3 Å². The number of nitrogens with one attached hydrogen (secondary N) is 1. The molecule has 128 valence electrons. The Bertz CT molecular complexity index is 502. The molecule has 0 radical (unpaired) electrons. The largest absolute Gasteiger partial charge is 0.444 e. The van der Waals surface area contributed by atoms with E-state index < -0.39 is 5.60 Å². The van der Waals surface area contributed by atoms with E-state index in [9.17, 15) is 4.79 Å². The molecular formula is C19H30N2O2. The Morgan fingerprint density at radius 1 is 1.26 bits per heavy atom. The zero-order valence-electron chi connectivity index (χ0n) is 15.0. The second-order valence-corrected chi connectivity index (χ2v) is 7.75. The van der Waals surface area contributed by atoms with Crippen molar-refractivity contribution in [3.8, 4) is 0 Å². The molecule has 4 nitrogen and oxygen atoms in total. The van der Waals surface area contributed by atoms with E-state index in [2.05, 4.69) is 49.5 Å². The van der Waals surface area contributed by atoms with Crippen molar-refractivity contribution in [1.82, 2.24) is 10.2 Å². The summed E-state index contributed by atoms with van der Waals surface area (Å²) in [5.41, 5.74) is 0.948. The van der Waals surface area contributed by atoms with Gasteiger partial charge in [0.05, 0.1) is 0 Å². The molecule has 1 unspecified atom stereocenters. The maximum Gasteiger partial charge on any atom is 0.410 e. The molecule has 1 atom stereocenters. The number of amides is 1. The molecule has 1 saturated heterocycles. The van der Waals surface area contributed by atoms with Gasteiger partial charge in [-0.05, 0) is 38.2 Å². The van der Waals surface area contributed by atoms with E-state index >= 15 is 0 Å². The Morgan fingerprint density at radius 2 is 1.87 bits per heavy atom. The second-order valence-electron chi connectivity index (χ2n) is 7.75. The van der Waals surface area contributed by atoms with E-state index in [0.29, 0.717) is 17.9 Å². The van der Waals surface area contributed by atoms with Crippen LogP contribution in [0.5, 0.6) is 0 Å². The summed E-state index contributed by atoms with van der Waals surface area (Å²) in [5.74, 6) is 1.07. The Morgan fingerprint density at radius 3 is 2.39 bits per heavy atom. The lowest BCUT2D eigenvalue weighted by Gasteiger charge is -2.41. The monoisotopic (exact) mass is 318 g/mol. The zero-order valence-corrected chi connectivity index (χ0v) is 15.0. The summed E-state index contributed by atoms with van der Waals surface area (Å²) in [5, 5.41) is 3.60. The lowest BCUT2D eigenvalue weighted by atomic mass is 9.88. The summed E-state index contributed by atoms with van der Waals surface area (Å²) in [4.78, 5) is 13.7. The van der Waals surface area contributed by atoms with Gasteiger partial charge in [-0.2, -0.15) is 0 Å². The number of carbonyl (C=O) groups is 1. The average molecular weight is 318 g/mol. The third-order valence-corrected chi connectivity index (χ3v) is 4.19. The number of ether oxygens (including phenoxy) is 1. The molecule has 1 aliphatic rings. The minimum absolute atomic E-state index is 0.209. The summed E-state index contributed by atoms with van der Waals surface area (Å²) in [7, 11) is 0. The average Bonchev–Trinajstić information content (AvgIpc) is 2.39. The predicted octanol–water partition coefficient (Wildman–Crippen LogP) is 3.64. The standard InChI is InChI=1S/C19H30N2O2/c1-14(2)17(15-9-7-6-8-10-15)11-20-16-12-21(13-16)18(22)23-19(3,4)5/h6-10,14,16-17,20H,11-13H2,1-5H3. The zero-order chi connectivity index (χ0) is 17.0. The van der Waals surface area contributed by atoms with Gasteiger partial charge < -0.3 is 15.0 Å². The van der Waals surface area contributed by atoms with Crippen LogP contribution in [0.2, 0.25) is 0 Å². The smallest absolute Gasteiger partial charge is 0.410 e. The van der Waals surface area contributed by atoms with Gasteiger partial charge >= 0.3 is 6.09 Å². The summed E-state index contributed by atoms with van der Waals surface area (Å²) in [6.07, 6.45) is -0.209. The fourth-order valence-electron chi connectivity index (χ4n) is 2.82. The summed E-state index contributed by atoms with van der Waals surface area (Å²) < 4.78 is 5.38. The molecule has 1 aromatic rings. The van der Waals surface area contributed by atoms with Gasteiger partial charge in [-0.3, -0.25) is 0 Å². The minimum atomic E-state index is -0.425. The van der Waals surface area contributed by atoms with Crippen LogP contribution in [0.15, 0.2) is 30.3 Å². The van der Waals surface area contributed by atoms with Crippen LogP contribution < -0.4 is 5.32 Å². The lowest BCUT2D eigenvalue weighted by Crippen LogP contribution is -2.61. The molecule has 0 aliphatic carbocycles. The first-order valence-electron chi connectivity index (χ1n) is 8.52. The van der Waals surface area contributed by atoms with E-state index in [1.807, 2.05) is 20.8 Å². The van der Waals surface area contributed by atoms with Gasteiger partial charge in [0.25, 0.3) is 0 Å². The molecule has 2 rings (SSSR count). The highest BCUT2D eigenvalue weighted by Gasteiger charge is 2.33. The van der Waals surface area contributed by atoms with Crippen molar-refractivity contribution in [3.05, 3.63) is 35.9 Å². The van der Waals surface area contributed by atoms with E-state index in [1.165, 1.54) is 5.56 Å². The summed E-state index contributed by atoms with van der Waals surface area (Å²) in [6, 6.07) is 11.0. The molecule has 1 aliphatic heterocycles. The van der Waals surface area contributed by atoms with Crippen LogP contribution in [0.4, 0.5) is 4.79 Å². The second kappa shape index (κ2) is 7.35. The van der Waals surface area contributed by atoms with Gasteiger partial charge in [-0.1, -0.05) is 44.2 Å². The SMILES string of the molecule is CC(C)C(CNC1CN(C(=O)OC(C)(C)C)C1)c1ccccc1. The molecule has 23 heavy (non-hydrogen) atoms. The van der Waals surface area contributed by atoms with Crippen LogP contribution in [-0.2, 0) is 4.74 Å². The first-order chi connectivity index (χ1) is 10.8. The number of benzene rings is 1. The summed E-state index contributed by atoms with van der Waals surface area (Å²) >= 11 is 0. The van der Waals surface area contributed by atoms with Crippen LogP contribution >= 0.6 is 0 Å². The quantitative estimate of drug-likeness (QED) is 0.901. The fraction of sp³-hybridized carbons (Fsp3) is 0.632. The van der Waals surface area contributed by atoms with Crippen molar-refractivity contribution in [1.29, 1.82) is 0 Å². The Balaban J connectivity index is 1.78. The van der Waals surface area contributed by atoms with Gasteiger partial charge in [0.2, 0.25) is 0 Å². The molecule has 1 amide bonds. The maximum absolute atomic E-state index is 11.9. The van der Waals surface area contributed by atoms with Gasteiger partial charge in [0.1, 0.15) is 5.60 Å². The van der Waals surface area contributed by atoms with Crippen LogP contribution in [0.1, 0.15) is 46.1 Å². The normalized spacial score (nSPS) is 17.0. The van der Waals surface area contributed by atoms with E-state index in [1.54, 1.807) is 4.90 Å². The molecule has 4 heteroatoms. The van der Waals surface area contributed by atoms with Crippen LogP contribution in [0.25, 0.3) is 0 Å². The summed E-state index contributed by atoms with van der Waals surface area (Å²) in [6.45, 7) is 12.6. The number of hydrogen-bond donors (Lipinski definition) is 1. The molecular weight excluding hydrogens is 288 g/mol. The highest BCUT2D eigenvalue weighted by Crippen LogP contribution is 2.24. The number of carbonyl (C=O) groups excluding carboxylic acids is 1. The maximum atomic E-state index is 11.9. The molecule has 0 bridgehead atoms. The highest BCUT2D eigenvalue weighted by molar-refractivity contribution is 5.69. The van der Waals surface area contributed by atoms with Crippen molar-refractivity contribution < 1.29 is 9.53 Å². The number of rotatable bonds is 5. The molecule has 1 heterocycles. The van der Waals surface area contributed by atoms with Gasteiger partial charge in [-0.15, -0.1) is 0 Å². The molecule has 1 N–H and O–H groups in total. The van der Waals surface area contributed by atoms with Crippen molar-refractivity contribution >= 4 is 6.09 Å². The third kappa shape index (κ3) is 5.24. The van der Waals surface area contributed by atoms with E-state index in [0.717, 1.165) is 19.6 Å². The molecule has 0 spiro atoms. The first-order valence-corrected chi connectivity index (χ1v) is 8.52. The van der Waals surface area contributed by atoms with Crippen molar-refractivity contribution in [2.45, 2.75) is 52.2 Å². The van der Waals surface area contributed by atoms with Crippen molar-refractivity contribution in [3.63, 3.8) is 0 Å². The van der Waals surface area contributed by atoms with Crippen molar-refractivity contribution in [2.75, 3.05) is 19.6 Å². The molecule has 1 aromatic carbocycles. The Labute approximate surface area is 140 Å². The predicted molar refractivity (Wildman–Crippen MR) is 93.6 cm³/mol.